The SMILES string of the molecule is O=CN[C@@H]1C(=O)N2C(C(=O)O)=C(Cl)CC[C@H]12. The van der Waals surface area contributed by atoms with Gasteiger partial charge in [-0.3, -0.25) is 14.5 Å². The van der Waals surface area contributed by atoms with Crippen LogP contribution in [0.25, 0.3) is 0 Å². The molecule has 0 aromatic carbocycles. The van der Waals surface area contributed by atoms with Crippen molar-refractivity contribution in [1.82, 2.24) is 10.2 Å². The van der Waals surface area contributed by atoms with Crippen LogP contribution in [0.3, 0.4) is 0 Å². The van der Waals surface area contributed by atoms with Crippen molar-refractivity contribution in [2.24, 2.45) is 0 Å². The number of carbonyl (C=O) groups excluding carboxylic acids is 2. The number of nitrogens with zero attached hydrogens (tertiary/aromatic N) is 1. The molecular formula is C9H9ClN2O4. The third kappa shape index (κ3) is 1.37. The molecule has 2 rings (SSSR count). The second-order valence-electron chi connectivity index (χ2n) is 3.64. The first-order valence-corrected chi connectivity index (χ1v) is 5.10. The highest BCUT2D eigenvalue weighted by Crippen LogP contribution is 2.37. The highest BCUT2D eigenvalue weighted by molar-refractivity contribution is 6.32. The summed E-state index contributed by atoms with van der Waals surface area (Å²) in [6.07, 6.45) is 1.42. The summed E-state index contributed by atoms with van der Waals surface area (Å²) >= 11 is 5.78. The topological polar surface area (TPSA) is 86.7 Å². The molecule has 0 bridgehead atoms. The highest BCUT2D eigenvalue weighted by atomic mass is 35.5. The summed E-state index contributed by atoms with van der Waals surface area (Å²) in [7, 11) is 0. The molecule has 2 aliphatic heterocycles. The predicted octanol–water partition coefficient (Wildman–Crippen LogP) is -0.359. The van der Waals surface area contributed by atoms with Gasteiger partial charge < -0.3 is 10.4 Å². The quantitative estimate of drug-likeness (QED) is 0.524. The Kier molecular flexibility index (Phi) is 2.59. The molecule has 16 heavy (non-hydrogen) atoms. The monoisotopic (exact) mass is 244 g/mol. The fraction of sp³-hybridized carbons (Fsp3) is 0.444. The standard InChI is InChI=1S/C9H9ClN2O4/c10-4-1-2-5-6(11-3-13)8(14)12(5)7(4)9(15)16/h3,5-6H,1-2H2,(H,11,13)(H,15,16)/t5-,6+/m1/s1. The van der Waals surface area contributed by atoms with Crippen molar-refractivity contribution < 1.29 is 19.5 Å². The van der Waals surface area contributed by atoms with Crippen molar-refractivity contribution in [2.75, 3.05) is 0 Å². The number of nitrogens with one attached hydrogen (secondary N) is 1. The molecule has 1 fully saturated rings. The second kappa shape index (κ2) is 3.79. The minimum Gasteiger partial charge on any atom is -0.477 e. The molecule has 86 valence electrons. The van der Waals surface area contributed by atoms with Crippen molar-refractivity contribution in [1.29, 1.82) is 0 Å². The molecule has 2 heterocycles. The molecule has 0 aromatic heterocycles. The number of hydrogen-bond acceptors (Lipinski definition) is 3. The highest BCUT2D eigenvalue weighted by Gasteiger charge is 2.52. The lowest BCUT2D eigenvalue weighted by Gasteiger charge is -2.49. The van der Waals surface area contributed by atoms with Crippen molar-refractivity contribution in [3.63, 3.8) is 0 Å². The van der Waals surface area contributed by atoms with Crippen LogP contribution < -0.4 is 5.32 Å². The van der Waals surface area contributed by atoms with Gasteiger partial charge in [0.1, 0.15) is 11.7 Å². The van der Waals surface area contributed by atoms with Gasteiger partial charge in [0.15, 0.2) is 0 Å². The molecule has 0 spiro atoms. The van der Waals surface area contributed by atoms with E-state index in [1.807, 2.05) is 0 Å². The van der Waals surface area contributed by atoms with Crippen molar-refractivity contribution in [2.45, 2.75) is 24.9 Å². The van der Waals surface area contributed by atoms with Gasteiger partial charge in [0.25, 0.3) is 5.91 Å². The molecule has 0 unspecified atom stereocenters. The van der Waals surface area contributed by atoms with E-state index in [9.17, 15) is 14.4 Å². The van der Waals surface area contributed by atoms with E-state index >= 15 is 0 Å². The smallest absolute Gasteiger partial charge is 0.353 e. The molecule has 2 aliphatic rings. The average Bonchev–Trinajstić information content (AvgIpc) is 2.25. The molecule has 7 heteroatoms. The number of halogens is 1. The zero-order chi connectivity index (χ0) is 11.9. The van der Waals surface area contributed by atoms with Gasteiger partial charge in [0.05, 0.1) is 6.04 Å². The Morgan fingerprint density at radius 2 is 2.31 bits per heavy atom. The van der Waals surface area contributed by atoms with E-state index in [4.69, 9.17) is 16.7 Å². The van der Waals surface area contributed by atoms with E-state index in [-0.39, 0.29) is 16.8 Å². The Labute approximate surface area is 95.8 Å². The molecule has 2 atom stereocenters. The van der Waals surface area contributed by atoms with Crippen LogP contribution in [-0.4, -0.2) is 40.4 Å². The van der Waals surface area contributed by atoms with E-state index in [1.54, 1.807) is 0 Å². The van der Waals surface area contributed by atoms with E-state index in [2.05, 4.69) is 5.32 Å². The molecule has 0 saturated carbocycles. The zero-order valence-electron chi connectivity index (χ0n) is 8.14. The number of carbonyl (C=O) groups is 3. The van der Waals surface area contributed by atoms with Gasteiger partial charge in [-0.05, 0) is 12.8 Å². The number of carboxylic acids is 1. The van der Waals surface area contributed by atoms with E-state index in [1.165, 1.54) is 0 Å². The summed E-state index contributed by atoms with van der Waals surface area (Å²) in [5.41, 5.74) is -0.160. The third-order valence-electron chi connectivity index (χ3n) is 2.83. The van der Waals surface area contributed by atoms with Gasteiger partial charge >= 0.3 is 5.97 Å². The van der Waals surface area contributed by atoms with Gasteiger partial charge in [-0.1, -0.05) is 11.6 Å². The summed E-state index contributed by atoms with van der Waals surface area (Å²) in [6, 6.07) is -0.900. The Hall–Kier alpha value is -1.56. The van der Waals surface area contributed by atoms with Crippen molar-refractivity contribution in [3.8, 4) is 0 Å². The number of aliphatic carboxylic acids is 1. The largest absolute Gasteiger partial charge is 0.477 e. The lowest BCUT2D eigenvalue weighted by atomic mass is 9.86. The number of β-lactam (4-membered cyclic amide) rings is 1. The first-order chi connectivity index (χ1) is 7.57. The van der Waals surface area contributed by atoms with Crippen molar-refractivity contribution >= 4 is 29.9 Å². The average molecular weight is 245 g/mol. The minimum atomic E-state index is -1.22. The van der Waals surface area contributed by atoms with E-state index < -0.39 is 17.9 Å². The van der Waals surface area contributed by atoms with E-state index in [0.717, 1.165) is 4.90 Å². The van der Waals surface area contributed by atoms with Crippen LogP contribution in [0.1, 0.15) is 12.8 Å². The zero-order valence-corrected chi connectivity index (χ0v) is 8.90. The molecule has 2 amide bonds. The first-order valence-electron chi connectivity index (χ1n) is 4.72. The lowest BCUT2D eigenvalue weighted by Crippen LogP contribution is -2.70. The van der Waals surface area contributed by atoms with Crippen LogP contribution in [0.2, 0.25) is 0 Å². The van der Waals surface area contributed by atoms with Gasteiger partial charge in [0, 0.05) is 5.03 Å². The summed E-state index contributed by atoms with van der Waals surface area (Å²) in [4.78, 5) is 34.0. The summed E-state index contributed by atoms with van der Waals surface area (Å²) in [6.45, 7) is 0. The minimum absolute atomic E-state index is 0.160. The van der Waals surface area contributed by atoms with Gasteiger partial charge in [-0.25, -0.2) is 4.79 Å². The Morgan fingerprint density at radius 1 is 1.62 bits per heavy atom. The number of hydrogen-bond donors (Lipinski definition) is 2. The fourth-order valence-electron chi connectivity index (χ4n) is 2.12. The lowest BCUT2D eigenvalue weighted by molar-refractivity contribution is -0.154. The number of amides is 2. The summed E-state index contributed by atoms with van der Waals surface area (Å²) < 4.78 is 0. The number of fused-ring (bicyclic) bond motifs is 1. The van der Waals surface area contributed by atoms with Crippen molar-refractivity contribution in [3.05, 3.63) is 10.7 Å². The number of allylic oxidation sites excluding steroid dienone is 1. The van der Waals surface area contributed by atoms with Crippen LogP contribution in [0.15, 0.2) is 10.7 Å². The number of rotatable bonds is 3. The summed E-state index contributed by atoms with van der Waals surface area (Å²) in [5, 5.41) is 11.5. The second-order valence-corrected chi connectivity index (χ2v) is 4.09. The maximum Gasteiger partial charge on any atom is 0.353 e. The van der Waals surface area contributed by atoms with Crippen LogP contribution in [-0.2, 0) is 14.4 Å². The molecule has 0 radical (unpaired) electrons. The van der Waals surface area contributed by atoms with E-state index in [0.29, 0.717) is 19.3 Å². The van der Waals surface area contributed by atoms with Crippen LogP contribution >= 0.6 is 11.6 Å². The fourth-order valence-corrected chi connectivity index (χ4v) is 2.40. The normalized spacial score (nSPS) is 28.3. The molecule has 0 aliphatic carbocycles. The molecular weight excluding hydrogens is 236 g/mol. The summed E-state index contributed by atoms with van der Waals surface area (Å²) in [5.74, 6) is -1.64. The maximum absolute atomic E-state index is 11.6. The molecule has 0 aromatic rings. The van der Waals surface area contributed by atoms with Gasteiger partial charge in [-0.2, -0.15) is 0 Å². The molecule has 2 N–H and O–H groups in total. The third-order valence-corrected chi connectivity index (χ3v) is 3.20. The first kappa shape index (κ1) is 10.9. The predicted molar refractivity (Wildman–Crippen MR) is 53.4 cm³/mol. The van der Waals surface area contributed by atoms with Crippen LogP contribution in [0.4, 0.5) is 0 Å². The molecule has 1 saturated heterocycles. The maximum atomic E-state index is 11.6. The van der Waals surface area contributed by atoms with Crippen LogP contribution in [0, 0.1) is 0 Å². The van der Waals surface area contributed by atoms with Crippen LogP contribution in [0.5, 0.6) is 0 Å². The van der Waals surface area contributed by atoms with Gasteiger partial charge in [0.2, 0.25) is 6.41 Å². The Bertz CT molecular complexity index is 406. The Morgan fingerprint density at radius 3 is 2.88 bits per heavy atom. The number of carboxylic acid groups (broad SMARTS) is 1. The Balaban J connectivity index is 2.27. The van der Waals surface area contributed by atoms with Gasteiger partial charge in [-0.15, -0.1) is 0 Å². The molecule has 6 nitrogen and oxygen atoms in total.